The van der Waals surface area contributed by atoms with Crippen molar-refractivity contribution in [3.05, 3.63) is 138 Å². The molecule has 0 heterocycles. The molecule has 8 saturated carbocycles. The van der Waals surface area contributed by atoms with Crippen LogP contribution in [0.1, 0.15) is 99.3 Å². The second-order valence-electron chi connectivity index (χ2n) is 19.2. The number of para-hydroxylation sites is 1. The molecule has 0 amide bonds. The molecule has 2 spiro atoms. The standard InChI is InChI=1S/C52H51N/c1-2-9-40(10-3-1)53(41-21-22-44-42-11-4-6-14-46(42)51(48(44)31-41)36-19-17-32-23-34(27-36)29-38(51)25-32)49-16-8-13-45-43-12-5-7-15-47(43)52(50(45)49)37-20-18-33-24-35(28-37)30-39(52)26-33/h1-16,21-22,31-39H,17-20,23-30H2. The average Bonchev–Trinajstić information content (AvgIpc) is 3.43. The maximum atomic E-state index is 2.74. The summed E-state index contributed by atoms with van der Waals surface area (Å²) in [6.45, 7) is 0. The zero-order valence-electron chi connectivity index (χ0n) is 31.0. The van der Waals surface area contributed by atoms with Crippen molar-refractivity contribution in [1.29, 1.82) is 0 Å². The van der Waals surface area contributed by atoms with Crippen molar-refractivity contribution >= 4 is 17.1 Å². The summed E-state index contributed by atoms with van der Waals surface area (Å²) in [4.78, 5) is 2.73. The van der Waals surface area contributed by atoms with Crippen molar-refractivity contribution in [3.63, 3.8) is 0 Å². The van der Waals surface area contributed by atoms with Crippen LogP contribution in [0.2, 0.25) is 0 Å². The van der Waals surface area contributed by atoms with E-state index in [0.29, 0.717) is 0 Å². The maximum absolute atomic E-state index is 2.74. The Hall–Kier alpha value is -4.10. The second kappa shape index (κ2) is 10.8. The van der Waals surface area contributed by atoms with Gasteiger partial charge in [0.05, 0.1) is 5.69 Å². The van der Waals surface area contributed by atoms with E-state index < -0.39 is 0 Å². The maximum Gasteiger partial charge on any atom is 0.0509 e. The molecule has 1 nitrogen and oxygen atoms in total. The fraction of sp³-hybridized carbons (Fsp3) is 0.423. The molecule has 5 aromatic carbocycles. The summed E-state index contributed by atoms with van der Waals surface area (Å²) in [6.07, 6.45) is 17.1. The lowest BCUT2D eigenvalue weighted by atomic mass is 9.50. The third-order valence-corrected chi connectivity index (χ3v) is 17.2. The van der Waals surface area contributed by atoms with Crippen molar-refractivity contribution in [3.8, 4) is 22.3 Å². The molecule has 0 aliphatic heterocycles. The lowest BCUT2D eigenvalue weighted by molar-refractivity contribution is 0.0617. The van der Waals surface area contributed by atoms with Crippen LogP contribution in [-0.4, -0.2) is 0 Å². The Morgan fingerprint density at radius 3 is 1.66 bits per heavy atom. The van der Waals surface area contributed by atoms with Crippen LogP contribution in [0.15, 0.2) is 115 Å². The quantitative estimate of drug-likeness (QED) is 0.182. The van der Waals surface area contributed by atoms with E-state index in [-0.39, 0.29) is 10.8 Å². The van der Waals surface area contributed by atoms with Crippen molar-refractivity contribution in [2.45, 2.75) is 87.9 Å². The molecule has 0 saturated heterocycles. The molecule has 264 valence electrons. The van der Waals surface area contributed by atoms with E-state index in [1.165, 1.54) is 116 Å². The van der Waals surface area contributed by atoms with Gasteiger partial charge in [0.2, 0.25) is 0 Å². The van der Waals surface area contributed by atoms with Crippen LogP contribution >= 0.6 is 0 Å². The van der Waals surface area contributed by atoms with Gasteiger partial charge in [-0.25, -0.2) is 0 Å². The van der Waals surface area contributed by atoms with Crippen LogP contribution in [0.5, 0.6) is 0 Å². The van der Waals surface area contributed by atoms with Gasteiger partial charge in [0.25, 0.3) is 0 Å². The van der Waals surface area contributed by atoms with Gasteiger partial charge in [0.1, 0.15) is 0 Å². The number of hydrogen-bond acceptors (Lipinski definition) is 1. The first-order valence-corrected chi connectivity index (χ1v) is 21.5. The van der Waals surface area contributed by atoms with Crippen molar-refractivity contribution in [2.75, 3.05) is 4.90 Å². The number of fused-ring (bicyclic) bond motifs is 8. The van der Waals surface area contributed by atoms with Gasteiger partial charge in [-0.1, -0.05) is 97.8 Å². The molecule has 10 aliphatic carbocycles. The van der Waals surface area contributed by atoms with Crippen molar-refractivity contribution in [1.82, 2.24) is 0 Å². The smallest absolute Gasteiger partial charge is 0.0509 e. The van der Waals surface area contributed by atoms with Crippen molar-refractivity contribution < 1.29 is 0 Å². The molecule has 10 unspecified atom stereocenters. The highest BCUT2D eigenvalue weighted by Gasteiger charge is 2.62. The van der Waals surface area contributed by atoms with Crippen LogP contribution < -0.4 is 4.90 Å². The highest BCUT2D eigenvalue weighted by Crippen LogP contribution is 2.71. The molecule has 53 heavy (non-hydrogen) atoms. The number of anilines is 3. The van der Waals surface area contributed by atoms with E-state index in [2.05, 4.69) is 120 Å². The summed E-state index contributed by atoms with van der Waals surface area (Å²) in [6, 6.07) is 46.0. The topological polar surface area (TPSA) is 3.24 Å². The van der Waals surface area contributed by atoms with E-state index in [0.717, 1.165) is 47.3 Å². The highest BCUT2D eigenvalue weighted by molar-refractivity contribution is 5.93. The predicted molar refractivity (Wildman–Crippen MR) is 217 cm³/mol. The van der Waals surface area contributed by atoms with Gasteiger partial charge >= 0.3 is 0 Å². The Labute approximate surface area is 315 Å². The van der Waals surface area contributed by atoms with E-state index in [9.17, 15) is 0 Å². The normalized spacial score (nSPS) is 35.9. The third kappa shape index (κ3) is 3.80. The molecule has 0 radical (unpaired) electrons. The molecule has 15 rings (SSSR count). The van der Waals surface area contributed by atoms with E-state index in [1.807, 2.05) is 0 Å². The Balaban J connectivity index is 1.06. The van der Waals surface area contributed by atoms with Gasteiger partial charge in [0.15, 0.2) is 0 Å². The van der Waals surface area contributed by atoms with Gasteiger partial charge in [-0.3, -0.25) is 0 Å². The molecule has 5 aromatic rings. The summed E-state index contributed by atoms with van der Waals surface area (Å²) in [7, 11) is 0. The average molecular weight is 690 g/mol. The number of rotatable bonds is 3. The Bertz CT molecular complexity index is 2280. The number of hydrogen-bond donors (Lipinski definition) is 0. The summed E-state index contributed by atoms with van der Waals surface area (Å²) in [5.41, 5.74) is 17.0. The van der Waals surface area contributed by atoms with Gasteiger partial charge < -0.3 is 4.90 Å². The molecule has 1 heteroatoms. The fourth-order valence-corrected chi connectivity index (χ4v) is 15.9. The lowest BCUT2D eigenvalue weighted by Crippen LogP contribution is -2.48. The third-order valence-electron chi connectivity index (χ3n) is 17.2. The number of benzene rings is 5. The molecule has 0 N–H and O–H groups in total. The van der Waals surface area contributed by atoms with Crippen LogP contribution in [0.3, 0.4) is 0 Å². The summed E-state index contributed by atoms with van der Waals surface area (Å²) in [5, 5.41) is 0. The Kier molecular flexibility index (Phi) is 6.15. The molecule has 10 aliphatic rings. The summed E-state index contributed by atoms with van der Waals surface area (Å²) < 4.78 is 0. The van der Waals surface area contributed by atoms with Crippen molar-refractivity contribution in [2.24, 2.45) is 47.3 Å². The van der Waals surface area contributed by atoms with Crippen LogP contribution in [0.4, 0.5) is 17.1 Å². The SMILES string of the molecule is c1ccc(N(c2ccc3c(c2)C2(c4ccccc4-3)C3CCC4CC(C3)CC2C4)c2cccc3c2C2(c4ccccc4-3)C3CCC4CC(C3)CC2C4)cc1. The molecular formula is C52H51N. The number of nitrogens with zero attached hydrogens (tertiary/aromatic N) is 1. The molecule has 8 bridgehead atoms. The highest BCUT2D eigenvalue weighted by atomic mass is 15.1. The summed E-state index contributed by atoms with van der Waals surface area (Å²) >= 11 is 0. The Morgan fingerprint density at radius 2 is 0.925 bits per heavy atom. The zero-order chi connectivity index (χ0) is 34.5. The van der Waals surface area contributed by atoms with E-state index in [4.69, 9.17) is 0 Å². The fourth-order valence-electron chi connectivity index (χ4n) is 15.9. The minimum atomic E-state index is 0.0920. The van der Waals surface area contributed by atoms with Gasteiger partial charge in [-0.2, -0.15) is 0 Å². The first-order chi connectivity index (χ1) is 26.2. The molecule has 10 atom stereocenters. The molecule has 8 fully saturated rings. The Morgan fingerprint density at radius 1 is 0.377 bits per heavy atom. The van der Waals surface area contributed by atoms with E-state index in [1.54, 1.807) is 22.3 Å². The zero-order valence-corrected chi connectivity index (χ0v) is 31.0. The van der Waals surface area contributed by atoms with Gasteiger partial charge in [-0.15, -0.1) is 0 Å². The first-order valence-electron chi connectivity index (χ1n) is 21.5. The van der Waals surface area contributed by atoms with Gasteiger partial charge in [0, 0.05) is 22.2 Å². The van der Waals surface area contributed by atoms with Crippen LogP contribution in [-0.2, 0) is 10.8 Å². The largest absolute Gasteiger partial charge is 0.310 e. The van der Waals surface area contributed by atoms with Gasteiger partial charge in [-0.05, 0) is 186 Å². The minimum Gasteiger partial charge on any atom is -0.310 e. The molecule has 0 aromatic heterocycles. The first kappa shape index (κ1) is 30.3. The minimum absolute atomic E-state index is 0.0920. The lowest BCUT2D eigenvalue weighted by Gasteiger charge is -2.54. The summed E-state index contributed by atoms with van der Waals surface area (Å²) in [5.74, 6) is 6.65. The predicted octanol–water partition coefficient (Wildman–Crippen LogP) is 13.4. The monoisotopic (exact) mass is 689 g/mol. The second-order valence-corrected chi connectivity index (χ2v) is 19.2. The van der Waals surface area contributed by atoms with E-state index >= 15 is 0 Å². The van der Waals surface area contributed by atoms with Crippen LogP contribution in [0, 0.1) is 47.3 Å². The van der Waals surface area contributed by atoms with Crippen LogP contribution in [0.25, 0.3) is 22.3 Å². The molecular weight excluding hydrogens is 639 g/mol.